The number of rotatable bonds is 3. The zero-order chi connectivity index (χ0) is 21.5. The Morgan fingerprint density at radius 2 is 0.821 bits per heavy atom. The number of esters is 2. The summed E-state index contributed by atoms with van der Waals surface area (Å²) in [6, 6.07) is 0. The van der Waals surface area contributed by atoms with Crippen LogP contribution in [0.4, 0.5) is 0 Å². The number of hydrogen-bond donors (Lipinski definition) is 0. The zero-order valence-electron chi connectivity index (χ0n) is 13.7. The third-order valence-electron chi connectivity index (χ3n) is 3.19. The number of benzene rings is 2. The van der Waals surface area contributed by atoms with Crippen molar-refractivity contribution in [2.45, 2.75) is 13.8 Å². The molecule has 0 saturated carbocycles. The van der Waals surface area contributed by atoms with E-state index in [0.717, 1.165) is 13.8 Å². The first-order valence-electron chi connectivity index (χ1n) is 6.99. The minimum absolute atomic E-state index is 0.0593. The highest BCUT2D eigenvalue weighted by atomic mass is 35.5. The van der Waals surface area contributed by atoms with E-state index >= 15 is 0 Å². The van der Waals surface area contributed by atoms with Gasteiger partial charge in [-0.25, -0.2) is 0 Å². The summed E-state index contributed by atoms with van der Waals surface area (Å²) >= 11 is 49.5. The van der Waals surface area contributed by atoms with Gasteiger partial charge in [0.05, 0.1) is 40.7 Å². The SMILES string of the molecule is CC(=O)Oc1c(Cl)c(Cl)c(Cl)c(-c2c(Cl)c(Cl)c(Cl)c(Cl)c2Cl)c1OC(C)=O. The van der Waals surface area contributed by atoms with E-state index in [1.807, 2.05) is 0 Å². The van der Waals surface area contributed by atoms with Gasteiger partial charge >= 0.3 is 11.9 Å². The van der Waals surface area contributed by atoms with E-state index in [1.54, 1.807) is 0 Å². The maximum atomic E-state index is 11.7. The van der Waals surface area contributed by atoms with Crippen molar-refractivity contribution in [1.29, 1.82) is 0 Å². The Kier molecular flexibility index (Phi) is 7.91. The van der Waals surface area contributed by atoms with E-state index in [2.05, 4.69) is 0 Å². The van der Waals surface area contributed by atoms with Crippen LogP contribution in [0.15, 0.2) is 0 Å². The van der Waals surface area contributed by atoms with Crippen LogP contribution in [0.5, 0.6) is 11.5 Å². The van der Waals surface area contributed by atoms with Gasteiger partial charge in [-0.1, -0.05) is 92.8 Å². The zero-order valence-corrected chi connectivity index (χ0v) is 19.7. The molecule has 0 aliphatic carbocycles. The topological polar surface area (TPSA) is 52.6 Å². The molecule has 0 fully saturated rings. The van der Waals surface area contributed by atoms with Gasteiger partial charge in [0.25, 0.3) is 0 Å². The number of carbonyl (C=O) groups excluding carboxylic acids is 2. The predicted molar refractivity (Wildman–Crippen MR) is 115 cm³/mol. The van der Waals surface area contributed by atoms with Crippen molar-refractivity contribution >= 4 is 105 Å². The molecule has 12 heteroatoms. The van der Waals surface area contributed by atoms with Crippen LogP contribution in [-0.2, 0) is 9.59 Å². The monoisotopic (exact) mass is 542 g/mol. The van der Waals surface area contributed by atoms with Gasteiger partial charge < -0.3 is 9.47 Å². The van der Waals surface area contributed by atoms with Crippen LogP contribution >= 0.6 is 92.8 Å². The molecule has 0 amide bonds. The van der Waals surface area contributed by atoms with E-state index < -0.39 is 11.9 Å². The Bertz CT molecular complexity index is 990. The lowest BCUT2D eigenvalue weighted by atomic mass is 10.0. The standard InChI is InChI=1S/C16H6Cl8O4/c1-3(25)27-15-6(5-7(17)10(20)13(23)11(21)8(5)18)9(19)12(22)14(24)16(15)28-4(2)26/h1-2H3. The van der Waals surface area contributed by atoms with Crippen molar-refractivity contribution in [2.75, 3.05) is 0 Å². The summed E-state index contributed by atoms with van der Waals surface area (Å²) in [5, 5.41) is -1.42. The molecule has 0 heterocycles. The molecular weight excluding hydrogens is 540 g/mol. The summed E-state index contributed by atoms with van der Waals surface area (Å²) in [6.45, 7) is 2.20. The molecule has 150 valence electrons. The first-order chi connectivity index (χ1) is 12.9. The number of carbonyl (C=O) groups is 2. The third-order valence-corrected chi connectivity index (χ3v) is 6.78. The fourth-order valence-electron chi connectivity index (χ4n) is 2.14. The first kappa shape index (κ1) is 24.0. The van der Waals surface area contributed by atoms with Crippen LogP contribution in [0, 0.1) is 0 Å². The van der Waals surface area contributed by atoms with Crippen LogP contribution in [0.25, 0.3) is 11.1 Å². The molecule has 2 rings (SSSR count). The Hall–Kier alpha value is -0.300. The molecule has 0 radical (unpaired) electrons. The van der Waals surface area contributed by atoms with Gasteiger partial charge in [-0.05, 0) is 0 Å². The maximum Gasteiger partial charge on any atom is 0.308 e. The molecule has 0 bridgehead atoms. The molecule has 28 heavy (non-hydrogen) atoms. The average Bonchev–Trinajstić information content (AvgIpc) is 2.61. The van der Waals surface area contributed by atoms with Crippen molar-refractivity contribution in [3.8, 4) is 22.6 Å². The van der Waals surface area contributed by atoms with Crippen molar-refractivity contribution in [1.82, 2.24) is 0 Å². The molecule has 2 aromatic rings. The molecule has 0 atom stereocenters. The summed E-state index contributed by atoms with van der Waals surface area (Å²) in [5.41, 5.74) is -0.186. The molecule has 0 aromatic heterocycles. The Labute approximate surface area is 199 Å². The van der Waals surface area contributed by atoms with Crippen molar-refractivity contribution in [2.24, 2.45) is 0 Å². The lowest BCUT2D eigenvalue weighted by molar-refractivity contribution is -0.134. The normalized spacial score (nSPS) is 10.8. The fraction of sp³-hybridized carbons (Fsp3) is 0.125. The van der Waals surface area contributed by atoms with Crippen LogP contribution in [0.2, 0.25) is 40.2 Å². The Morgan fingerprint density at radius 3 is 1.25 bits per heavy atom. The smallest absolute Gasteiger partial charge is 0.308 e. The predicted octanol–water partition coefficient (Wildman–Crippen LogP) is 8.43. The number of halogens is 8. The summed E-state index contributed by atoms with van der Waals surface area (Å²) in [7, 11) is 0. The second-order valence-electron chi connectivity index (χ2n) is 5.11. The second-order valence-corrected chi connectivity index (χ2v) is 8.13. The molecule has 0 spiro atoms. The molecular formula is C16H6Cl8O4. The van der Waals surface area contributed by atoms with Crippen LogP contribution in [0.3, 0.4) is 0 Å². The van der Waals surface area contributed by atoms with Crippen LogP contribution in [0.1, 0.15) is 13.8 Å². The van der Waals surface area contributed by atoms with E-state index in [0.29, 0.717) is 0 Å². The molecule has 0 aliphatic rings. The molecule has 4 nitrogen and oxygen atoms in total. The molecule has 0 saturated heterocycles. The minimum Gasteiger partial charge on any atom is -0.422 e. The Balaban J connectivity index is 3.10. The molecule has 0 aliphatic heterocycles. The van der Waals surface area contributed by atoms with Gasteiger partial charge in [0.2, 0.25) is 0 Å². The highest BCUT2D eigenvalue weighted by Crippen LogP contribution is 2.57. The first-order valence-corrected chi connectivity index (χ1v) is 10.0. The highest BCUT2D eigenvalue weighted by Gasteiger charge is 2.31. The van der Waals surface area contributed by atoms with Gasteiger partial charge in [0.15, 0.2) is 11.5 Å². The van der Waals surface area contributed by atoms with Crippen molar-refractivity contribution in [3.05, 3.63) is 40.2 Å². The fourth-order valence-corrected chi connectivity index (χ4v) is 4.19. The quantitative estimate of drug-likeness (QED) is 0.168. The van der Waals surface area contributed by atoms with Gasteiger partial charge in [0.1, 0.15) is 5.02 Å². The molecule has 2 aromatic carbocycles. The van der Waals surface area contributed by atoms with Gasteiger partial charge in [-0.15, -0.1) is 0 Å². The molecule has 0 N–H and O–H groups in total. The van der Waals surface area contributed by atoms with Crippen molar-refractivity contribution in [3.63, 3.8) is 0 Å². The van der Waals surface area contributed by atoms with Crippen molar-refractivity contribution < 1.29 is 19.1 Å². The lowest BCUT2D eigenvalue weighted by Crippen LogP contribution is -2.09. The van der Waals surface area contributed by atoms with Gasteiger partial charge in [-0.2, -0.15) is 0 Å². The van der Waals surface area contributed by atoms with Gasteiger partial charge in [-0.3, -0.25) is 9.59 Å². The van der Waals surface area contributed by atoms with Crippen LogP contribution < -0.4 is 9.47 Å². The average molecular weight is 546 g/mol. The third kappa shape index (κ3) is 4.40. The lowest BCUT2D eigenvalue weighted by Gasteiger charge is -2.20. The maximum absolute atomic E-state index is 11.7. The number of hydrogen-bond acceptors (Lipinski definition) is 4. The van der Waals surface area contributed by atoms with Crippen LogP contribution in [-0.4, -0.2) is 11.9 Å². The van der Waals surface area contributed by atoms with E-state index in [9.17, 15) is 9.59 Å². The Morgan fingerprint density at radius 1 is 0.500 bits per heavy atom. The van der Waals surface area contributed by atoms with Gasteiger partial charge in [0, 0.05) is 19.4 Å². The summed E-state index contributed by atoms with van der Waals surface area (Å²) in [4.78, 5) is 23.2. The minimum atomic E-state index is -0.789. The largest absolute Gasteiger partial charge is 0.422 e. The van der Waals surface area contributed by atoms with E-state index in [1.165, 1.54) is 0 Å². The summed E-state index contributed by atoms with van der Waals surface area (Å²) in [6.07, 6.45) is 0. The van der Waals surface area contributed by atoms with E-state index in [-0.39, 0.29) is 62.8 Å². The summed E-state index contributed by atoms with van der Waals surface area (Å²) < 4.78 is 10.3. The summed E-state index contributed by atoms with van der Waals surface area (Å²) in [5.74, 6) is -2.30. The second kappa shape index (κ2) is 9.23. The molecule has 0 unspecified atom stereocenters. The number of ether oxygens (including phenoxy) is 2. The highest BCUT2D eigenvalue weighted by molar-refractivity contribution is 6.57. The van der Waals surface area contributed by atoms with E-state index in [4.69, 9.17) is 102 Å².